The molecular formula is C14H11BrFN. The Balaban J connectivity index is 1.97. The van der Waals surface area contributed by atoms with Crippen LogP contribution in [0.25, 0.3) is 0 Å². The van der Waals surface area contributed by atoms with Crippen molar-refractivity contribution in [1.29, 1.82) is 0 Å². The minimum absolute atomic E-state index is 0.0323. The van der Waals surface area contributed by atoms with Gasteiger partial charge in [0, 0.05) is 11.3 Å². The minimum atomic E-state index is -0.169. The Morgan fingerprint density at radius 1 is 1.12 bits per heavy atom. The van der Waals surface area contributed by atoms with Crippen LogP contribution in [0, 0.1) is 5.82 Å². The maximum absolute atomic E-state index is 14.0. The van der Waals surface area contributed by atoms with E-state index in [0.29, 0.717) is 4.47 Å². The summed E-state index contributed by atoms with van der Waals surface area (Å²) in [5.74, 6) is -0.169. The molecule has 0 amide bonds. The lowest BCUT2D eigenvalue weighted by molar-refractivity contribution is 0.589. The molecule has 2 aromatic carbocycles. The zero-order valence-corrected chi connectivity index (χ0v) is 10.7. The van der Waals surface area contributed by atoms with E-state index in [4.69, 9.17) is 0 Å². The molecule has 0 saturated carbocycles. The molecule has 1 unspecified atom stereocenters. The van der Waals surface area contributed by atoms with E-state index >= 15 is 0 Å². The van der Waals surface area contributed by atoms with Gasteiger partial charge in [0.25, 0.3) is 0 Å². The van der Waals surface area contributed by atoms with E-state index in [-0.39, 0.29) is 11.9 Å². The normalized spacial score (nSPS) is 17.6. The third kappa shape index (κ3) is 1.84. The molecule has 1 heterocycles. The molecule has 0 radical (unpaired) electrons. The summed E-state index contributed by atoms with van der Waals surface area (Å²) in [6.45, 7) is 0. The molecule has 17 heavy (non-hydrogen) atoms. The molecule has 0 fully saturated rings. The van der Waals surface area contributed by atoms with E-state index in [1.165, 1.54) is 5.56 Å². The van der Waals surface area contributed by atoms with Crippen molar-refractivity contribution in [3.8, 4) is 0 Å². The topological polar surface area (TPSA) is 12.0 Å². The summed E-state index contributed by atoms with van der Waals surface area (Å²) >= 11 is 3.23. The second kappa shape index (κ2) is 4.15. The molecule has 1 N–H and O–H groups in total. The number of rotatable bonds is 1. The van der Waals surface area contributed by atoms with Crippen LogP contribution in [0.5, 0.6) is 0 Å². The fourth-order valence-corrected chi connectivity index (χ4v) is 2.66. The van der Waals surface area contributed by atoms with Crippen LogP contribution in [0.4, 0.5) is 10.1 Å². The number of para-hydroxylation sites is 1. The number of halogens is 2. The largest absolute Gasteiger partial charge is 0.378 e. The molecule has 3 rings (SSSR count). The molecule has 1 atom stereocenters. The first-order valence-electron chi connectivity index (χ1n) is 5.54. The van der Waals surface area contributed by atoms with Gasteiger partial charge in [0.1, 0.15) is 5.82 Å². The highest BCUT2D eigenvalue weighted by Crippen LogP contribution is 2.36. The molecular weight excluding hydrogens is 281 g/mol. The summed E-state index contributed by atoms with van der Waals surface area (Å²) in [7, 11) is 0. The fraction of sp³-hybridized carbons (Fsp3) is 0.143. The molecule has 3 heteroatoms. The predicted molar refractivity (Wildman–Crippen MR) is 70.6 cm³/mol. The number of hydrogen-bond acceptors (Lipinski definition) is 1. The quantitative estimate of drug-likeness (QED) is 0.826. The van der Waals surface area contributed by atoms with Crippen molar-refractivity contribution >= 4 is 21.6 Å². The van der Waals surface area contributed by atoms with Crippen LogP contribution in [0.2, 0.25) is 0 Å². The van der Waals surface area contributed by atoms with Crippen LogP contribution in [0.15, 0.2) is 46.9 Å². The third-order valence-electron chi connectivity index (χ3n) is 3.13. The maximum Gasteiger partial charge on any atom is 0.142 e. The van der Waals surface area contributed by atoms with Gasteiger partial charge in [0.2, 0.25) is 0 Å². The van der Waals surface area contributed by atoms with Gasteiger partial charge >= 0.3 is 0 Å². The summed E-state index contributed by atoms with van der Waals surface area (Å²) < 4.78 is 14.5. The monoisotopic (exact) mass is 291 g/mol. The summed E-state index contributed by atoms with van der Waals surface area (Å²) in [5, 5.41) is 3.36. The van der Waals surface area contributed by atoms with E-state index in [1.54, 1.807) is 6.07 Å². The van der Waals surface area contributed by atoms with E-state index in [1.807, 2.05) is 30.3 Å². The highest BCUT2D eigenvalue weighted by molar-refractivity contribution is 9.10. The van der Waals surface area contributed by atoms with Gasteiger partial charge in [-0.15, -0.1) is 0 Å². The van der Waals surface area contributed by atoms with Gasteiger partial charge < -0.3 is 5.32 Å². The SMILES string of the molecule is Fc1c(Br)cccc1C1Cc2ccccc2N1. The predicted octanol–water partition coefficient (Wildman–Crippen LogP) is 4.30. The number of benzene rings is 2. The fourth-order valence-electron chi connectivity index (χ4n) is 2.28. The number of hydrogen-bond donors (Lipinski definition) is 1. The molecule has 0 aromatic heterocycles. The van der Waals surface area contributed by atoms with Crippen LogP contribution in [-0.2, 0) is 6.42 Å². The number of anilines is 1. The Bertz CT molecular complexity index is 543. The Morgan fingerprint density at radius 3 is 2.76 bits per heavy atom. The molecule has 1 nitrogen and oxygen atoms in total. The van der Waals surface area contributed by atoms with Gasteiger partial charge in [-0.25, -0.2) is 4.39 Å². The lowest BCUT2D eigenvalue weighted by atomic mass is 10.0. The van der Waals surface area contributed by atoms with Crippen LogP contribution < -0.4 is 5.32 Å². The smallest absolute Gasteiger partial charge is 0.142 e. The van der Waals surface area contributed by atoms with Gasteiger partial charge in [-0.1, -0.05) is 30.3 Å². The van der Waals surface area contributed by atoms with E-state index in [9.17, 15) is 4.39 Å². The molecule has 2 aromatic rings. The van der Waals surface area contributed by atoms with Crippen LogP contribution >= 0.6 is 15.9 Å². The zero-order chi connectivity index (χ0) is 11.8. The number of nitrogens with one attached hydrogen (secondary N) is 1. The molecule has 0 spiro atoms. The number of fused-ring (bicyclic) bond motifs is 1. The highest BCUT2D eigenvalue weighted by atomic mass is 79.9. The Kier molecular flexibility index (Phi) is 2.63. The van der Waals surface area contributed by atoms with Crippen molar-refractivity contribution in [2.24, 2.45) is 0 Å². The summed E-state index contributed by atoms with van der Waals surface area (Å²) in [4.78, 5) is 0. The first-order valence-corrected chi connectivity index (χ1v) is 6.33. The van der Waals surface area contributed by atoms with Gasteiger partial charge in [0.05, 0.1) is 10.5 Å². The van der Waals surface area contributed by atoms with Gasteiger partial charge in [-0.3, -0.25) is 0 Å². The standard InChI is InChI=1S/C14H11BrFN/c15-11-6-3-5-10(14(11)16)13-8-9-4-1-2-7-12(9)17-13/h1-7,13,17H,8H2. The first kappa shape index (κ1) is 10.8. The van der Waals surface area contributed by atoms with Crippen LogP contribution in [0.3, 0.4) is 0 Å². The van der Waals surface area contributed by atoms with Gasteiger partial charge in [-0.2, -0.15) is 0 Å². The van der Waals surface area contributed by atoms with E-state index in [0.717, 1.165) is 17.7 Å². The second-order valence-corrected chi connectivity index (χ2v) is 5.06. The molecule has 0 aliphatic carbocycles. The van der Waals surface area contributed by atoms with E-state index < -0.39 is 0 Å². The average Bonchev–Trinajstić information content (AvgIpc) is 2.76. The molecule has 1 aliphatic heterocycles. The summed E-state index contributed by atoms with van der Waals surface area (Å²) in [5.41, 5.74) is 3.07. The van der Waals surface area contributed by atoms with Crippen molar-refractivity contribution in [2.75, 3.05) is 5.32 Å². The Labute approximate surface area is 108 Å². The highest BCUT2D eigenvalue weighted by Gasteiger charge is 2.24. The first-order chi connectivity index (χ1) is 8.25. The Morgan fingerprint density at radius 2 is 1.94 bits per heavy atom. The average molecular weight is 292 g/mol. The molecule has 86 valence electrons. The lowest BCUT2D eigenvalue weighted by Gasteiger charge is -2.13. The van der Waals surface area contributed by atoms with Gasteiger partial charge in [-0.05, 0) is 40.0 Å². The van der Waals surface area contributed by atoms with E-state index in [2.05, 4.69) is 27.3 Å². The lowest BCUT2D eigenvalue weighted by Crippen LogP contribution is -2.08. The third-order valence-corrected chi connectivity index (χ3v) is 3.74. The van der Waals surface area contributed by atoms with Crippen molar-refractivity contribution < 1.29 is 4.39 Å². The molecule has 0 bridgehead atoms. The van der Waals surface area contributed by atoms with Crippen molar-refractivity contribution in [1.82, 2.24) is 0 Å². The van der Waals surface area contributed by atoms with Crippen molar-refractivity contribution in [2.45, 2.75) is 12.5 Å². The maximum atomic E-state index is 14.0. The van der Waals surface area contributed by atoms with Crippen LogP contribution in [0.1, 0.15) is 17.2 Å². The summed E-state index contributed by atoms with van der Waals surface area (Å²) in [6.07, 6.45) is 0.837. The van der Waals surface area contributed by atoms with Crippen molar-refractivity contribution in [3.63, 3.8) is 0 Å². The van der Waals surface area contributed by atoms with Crippen molar-refractivity contribution in [3.05, 3.63) is 63.9 Å². The van der Waals surface area contributed by atoms with Gasteiger partial charge in [0.15, 0.2) is 0 Å². The summed E-state index contributed by atoms with van der Waals surface area (Å²) in [6, 6.07) is 13.6. The zero-order valence-electron chi connectivity index (χ0n) is 9.08. The van der Waals surface area contributed by atoms with Crippen LogP contribution in [-0.4, -0.2) is 0 Å². The molecule has 1 aliphatic rings. The Hall–Kier alpha value is -1.35. The minimum Gasteiger partial charge on any atom is -0.378 e. The molecule has 0 saturated heterocycles. The second-order valence-electron chi connectivity index (χ2n) is 4.20.